The van der Waals surface area contributed by atoms with E-state index in [9.17, 15) is 13.2 Å². The molecule has 6 nitrogen and oxygen atoms in total. The van der Waals surface area contributed by atoms with Gasteiger partial charge in [0, 0.05) is 13.1 Å². The molecule has 31 heavy (non-hydrogen) atoms. The highest BCUT2D eigenvalue weighted by atomic mass is 32.2. The number of ether oxygens (including phenoxy) is 1. The molecule has 1 N–H and O–H groups in total. The van der Waals surface area contributed by atoms with Crippen LogP contribution in [-0.2, 0) is 21.2 Å². The number of sulfonamides is 1. The quantitative estimate of drug-likeness (QED) is 0.738. The first-order valence-electron chi connectivity index (χ1n) is 11.1. The predicted molar refractivity (Wildman–Crippen MR) is 119 cm³/mol. The number of nitrogens with zero attached hydrogens (tertiary/aromatic N) is 1. The molecule has 0 aromatic heterocycles. The molecule has 1 unspecified atom stereocenters. The van der Waals surface area contributed by atoms with Crippen LogP contribution in [0.15, 0.2) is 53.4 Å². The van der Waals surface area contributed by atoms with E-state index in [1.54, 1.807) is 28.6 Å². The number of rotatable bonds is 6. The Labute approximate surface area is 184 Å². The maximum absolute atomic E-state index is 12.9. The summed E-state index contributed by atoms with van der Waals surface area (Å²) in [6.07, 6.45) is 6.98. The van der Waals surface area contributed by atoms with Gasteiger partial charge in [-0.25, -0.2) is 8.42 Å². The average molecular weight is 443 g/mol. The van der Waals surface area contributed by atoms with Gasteiger partial charge in [0.2, 0.25) is 10.0 Å². The van der Waals surface area contributed by atoms with Crippen molar-refractivity contribution in [2.24, 2.45) is 0 Å². The number of aryl methyl sites for hydroxylation is 1. The van der Waals surface area contributed by atoms with Crippen LogP contribution in [0, 0.1) is 0 Å². The normalized spacial score (nSPS) is 19.8. The van der Waals surface area contributed by atoms with Crippen molar-refractivity contribution in [1.82, 2.24) is 9.62 Å². The van der Waals surface area contributed by atoms with Crippen LogP contribution in [0.5, 0.6) is 5.75 Å². The molecule has 2 aromatic rings. The summed E-state index contributed by atoms with van der Waals surface area (Å²) in [4.78, 5) is 12.7. The van der Waals surface area contributed by atoms with Gasteiger partial charge in [-0.3, -0.25) is 4.79 Å². The van der Waals surface area contributed by atoms with E-state index in [0.29, 0.717) is 18.8 Å². The third kappa shape index (κ3) is 5.28. The average Bonchev–Trinajstić information content (AvgIpc) is 3.09. The zero-order valence-electron chi connectivity index (χ0n) is 17.8. The van der Waals surface area contributed by atoms with E-state index in [-0.39, 0.29) is 23.5 Å². The highest BCUT2D eigenvalue weighted by Crippen LogP contribution is 2.29. The van der Waals surface area contributed by atoms with Crippen LogP contribution in [0.4, 0.5) is 0 Å². The lowest BCUT2D eigenvalue weighted by Gasteiger charge is -2.26. The molecule has 0 saturated carbocycles. The van der Waals surface area contributed by atoms with Gasteiger partial charge in [0.15, 0.2) is 6.61 Å². The molecule has 1 aliphatic carbocycles. The van der Waals surface area contributed by atoms with E-state index < -0.39 is 10.0 Å². The van der Waals surface area contributed by atoms with E-state index in [4.69, 9.17) is 4.74 Å². The minimum atomic E-state index is -3.48. The molecule has 0 spiro atoms. The zero-order valence-corrected chi connectivity index (χ0v) is 18.6. The highest BCUT2D eigenvalue weighted by Gasteiger charge is 2.25. The summed E-state index contributed by atoms with van der Waals surface area (Å²) < 4.78 is 32.9. The molecule has 0 bridgehead atoms. The van der Waals surface area contributed by atoms with Crippen molar-refractivity contribution in [3.8, 4) is 5.75 Å². The van der Waals surface area contributed by atoms with Crippen LogP contribution in [0.1, 0.15) is 55.7 Å². The second kappa shape index (κ2) is 9.83. The van der Waals surface area contributed by atoms with Gasteiger partial charge in [-0.05, 0) is 67.5 Å². The molecule has 1 saturated heterocycles. The Kier molecular flexibility index (Phi) is 6.92. The van der Waals surface area contributed by atoms with Gasteiger partial charge in [-0.2, -0.15) is 4.31 Å². The molecule has 4 rings (SSSR count). The fourth-order valence-corrected chi connectivity index (χ4v) is 5.94. The van der Waals surface area contributed by atoms with E-state index in [1.165, 1.54) is 11.1 Å². The number of benzene rings is 2. The number of amides is 1. The second-order valence-electron chi connectivity index (χ2n) is 8.29. The largest absolute Gasteiger partial charge is 0.484 e. The first kappa shape index (κ1) is 21.8. The Bertz CT molecular complexity index is 996. The van der Waals surface area contributed by atoms with Gasteiger partial charge >= 0.3 is 0 Å². The van der Waals surface area contributed by atoms with Crippen molar-refractivity contribution in [1.29, 1.82) is 0 Å². The maximum Gasteiger partial charge on any atom is 0.258 e. The maximum atomic E-state index is 12.9. The molecule has 1 amide bonds. The van der Waals surface area contributed by atoms with Gasteiger partial charge in [0.05, 0.1) is 10.9 Å². The fourth-order valence-electron chi connectivity index (χ4n) is 4.43. The summed E-state index contributed by atoms with van der Waals surface area (Å²) in [7, 11) is -3.48. The van der Waals surface area contributed by atoms with Crippen molar-refractivity contribution in [2.75, 3.05) is 19.7 Å². The zero-order chi connectivity index (χ0) is 21.7. The number of fused-ring (bicyclic) bond motifs is 1. The minimum absolute atomic E-state index is 0.0159. The standard InChI is InChI=1S/C24H30N2O4S/c27-24(25-23-11-7-9-19-8-3-4-10-22(19)23)18-30-20-12-14-21(15-13-20)31(28,29)26-16-5-1-2-6-17-26/h3-4,8,10,12-15,23H,1-2,5-7,9,11,16-18H2,(H,25,27). The summed E-state index contributed by atoms with van der Waals surface area (Å²) in [5, 5.41) is 3.06. The summed E-state index contributed by atoms with van der Waals surface area (Å²) in [6, 6.07) is 14.6. The Morgan fingerprint density at radius 3 is 2.42 bits per heavy atom. The molecule has 2 aromatic carbocycles. The third-order valence-electron chi connectivity index (χ3n) is 6.10. The molecule has 7 heteroatoms. The van der Waals surface area contributed by atoms with Crippen molar-refractivity contribution in [2.45, 2.75) is 55.9 Å². The minimum Gasteiger partial charge on any atom is -0.484 e. The second-order valence-corrected chi connectivity index (χ2v) is 10.2. The summed E-state index contributed by atoms with van der Waals surface area (Å²) in [6.45, 7) is 1.05. The number of carbonyl (C=O) groups is 1. The van der Waals surface area contributed by atoms with E-state index in [0.717, 1.165) is 44.9 Å². The predicted octanol–water partition coefficient (Wildman–Crippen LogP) is 3.82. The van der Waals surface area contributed by atoms with Crippen LogP contribution >= 0.6 is 0 Å². The van der Waals surface area contributed by atoms with Gasteiger partial charge in [-0.15, -0.1) is 0 Å². The van der Waals surface area contributed by atoms with Crippen LogP contribution in [-0.4, -0.2) is 38.3 Å². The molecule has 166 valence electrons. The Balaban J connectivity index is 1.33. The number of hydrogen-bond acceptors (Lipinski definition) is 4. The van der Waals surface area contributed by atoms with E-state index in [2.05, 4.69) is 17.4 Å². The lowest BCUT2D eigenvalue weighted by atomic mass is 9.88. The van der Waals surface area contributed by atoms with Gasteiger partial charge in [0.25, 0.3) is 5.91 Å². The molecular formula is C24H30N2O4S. The van der Waals surface area contributed by atoms with Gasteiger partial charge in [0.1, 0.15) is 5.75 Å². The number of carbonyl (C=O) groups excluding carboxylic acids is 1. The number of nitrogens with one attached hydrogen (secondary N) is 1. The molecule has 1 heterocycles. The summed E-state index contributed by atoms with van der Waals surface area (Å²) in [5.74, 6) is 0.303. The van der Waals surface area contributed by atoms with Gasteiger partial charge in [-0.1, -0.05) is 37.1 Å². The van der Waals surface area contributed by atoms with Crippen molar-refractivity contribution < 1.29 is 17.9 Å². The lowest BCUT2D eigenvalue weighted by Crippen LogP contribution is -2.34. The third-order valence-corrected chi connectivity index (χ3v) is 8.01. The molecule has 1 aliphatic heterocycles. The first-order valence-corrected chi connectivity index (χ1v) is 12.6. The summed E-state index contributed by atoms with van der Waals surface area (Å²) in [5.41, 5.74) is 2.48. The van der Waals surface area contributed by atoms with Crippen molar-refractivity contribution >= 4 is 15.9 Å². The van der Waals surface area contributed by atoms with Crippen LogP contribution in [0.3, 0.4) is 0 Å². The molecule has 1 fully saturated rings. The topological polar surface area (TPSA) is 75.7 Å². The van der Waals surface area contributed by atoms with Crippen LogP contribution in [0.2, 0.25) is 0 Å². The highest BCUT2D eigenvalue weighted by molar-refractivity contribution is 7.89. The van der Waals surface area contributed by atoms with Crippen LogP contribution in [0.25, 0.3) is 0 Å². The SMILES string of the molecule is O=C(COc1ccc(S(=O)(=O)N2CCCCCC2)cc1)NC1CCCc2ccccc21. The smallest absolute Gasteiger partial charge is 0.258 e. The monoisotopic (exact) mass is 442 g/mol. The van der Waals surface area contributed by atoms with Gasteiger partial charge < -0.3 is 10.1 Å². The first-order chi connectivity index (χ1) is 15.0. The fraction of sp³-hybridized carbons (Fsp3) is 0.458. The Hall–Kier alpha value is -2.38. The van der Waals surface area contributed by atoms with Crippen LogP contribution < -0.4 is 10.1 Å². The molecule has 1 atom stereocenters. The Morgan fingerprint density at radius 1 is 0.968 bits per heavy atom. The number of hydrogen-bond donors (Lipinski definition) is 1. The molecular weight excluding hydrogens is 412 g/mol. The molecule has 2 aliphatic rings. The lowest BCUT2D eigenvalue weighted by molar-refractivity contribution is -0.124. The van der Waals surface area contributed by atoms with E-state index >= 15 is 0 Å². The summed E-state index contributed by atoms with van der Waals surface area (Å²) >= 11 is 0. The Morgan fingerprint density at radius 2 is 1.68 bits per heavy atom. The van der Waals surface area contributed by atoms with Crippen molar-refractivity contribution in [3.63, 3.8) is 0 Å². The van der Waals surface area contributed by atoms with Crippen molar-refractivity contribution in [3.05, 3.63) is 59.7 Å². The van der Waals surface area contributed by atoms with E-state index in [1.807, 2.05) is 12.1 Å². The molecule has 0 radical (unpaired) electrons.